The van der Waals surface area contributed by atoms with Crippen molar-refractivity contribution in [1.29, 1.82) is 0 Å². The second-order valence-electron chi connectivity index (χ2n) is 5.35. The van der Waals surface area contributed by atoms with E-state index in [4.69, 9.17) is 15.2 Å². The zero-order valence-electron chi connectivity index (χ0n) is 12.7. The Labute approximate surface area is 134 Å². The van der Waals surface area contributed by atoms with Crippen LogP contribution in [0.25, 0.3) is 10.6 Å². The summed E-state index contributed by atoms with van der Waals surface area (Å²) in [5, 5.41) is 3.03. The van der Waals surface area contributed by atoms with Crippen molar-refractivity contribution in [2.24, 2.45) is 0 Å². The number of ether oxygens (including phenoxy) is 2. The molecule has 2 heterocycles. The molecule has 1 saturated heterocycles. The van der Waals surface area contributed by atoms with Gasteiger partial charge in [0.15, 0.2) is 0 Å². The van der Waals surface area contributed by atoms with E-state index < -0.39 is 0 Å². The minimum absolute atomic E-state index is 0.639. The molecule has 1 fully saturated rings. The first-order valence-electron chi connectivity index (χ1n) is 7.47. The molecule has 1 aliphatic rings. The highest BCUT2D eigenvalue weighted by Crippen LogP contribution is 2.30. The van der Waals surface area contributed by atoms with Crippen LogP contribution in [0.4, 0.5) is 5.69 Å². The van der Waals surface area contributed by atoms with Crippen LogP contribution in [0.1, 0.15) is 5.69 Å². The first kappa shape index (κ1) is 15.3. The highest BCUT2D eigenvalue weighted by Gasteiger charge is 2.11. The second kappa shape index (κ2) is 7.09. The zero-order chi connectivity index (χ0) is 15.4. The molecular weight excluding hydrogens is 298 g/mol. The molecule has 22 heavy (non-hydrogen) atoms. The molecule has 2 aromatic rings. The standard InChI is InChI=1S/C16H21N3O2S/c1-12-11-22-16(18-12)13-2-3-15(14(17)10-13)21-9-6-19-4-7-20-8-5-19/h2-3,10-11H,4-9,17H2,1H3. The highest BCUT2D eigenvalue weighted by molar-refractivity contribution is 7.13. The van der Waals surface area contributed by atoms with E-state index in [2.05, 4.69) is 9.88 Å². The minimum atomic E-state index is 0.639. The summed E-state index contributed by atoms with van der Waals surface area (Å²) in [4.78, 5) is 6.82. The summed E-state index contributed by atoms with van der Waals surface area (Å²) in [6, 6.07) is 5.88. The van der Waals surface area contributed by atoms with Crippen molar-refractivity contribution in [3.8, 4) is 16.3 Å². The van der Waals surface area contributed by atoms with Crippen molar-refractivity contribution in [2.45, 2.75) is 6.92 Å². The van der Waals surface area contributed by atoms with Crippen LogP contribution in [0.5, 0.6) is 5.75 Å². The Balaban J connectivity index is 1.57. The molecule has 2 N–H and O–H groups in total. The maximum atomic E-state index is 6.10. The van der Waals surface area contributed by atoms with Crippen molar-refractivity contribution in [3.63, 3.8) is 0 Å². The molecule has 0 aliphatic carbocycles. The van der Waals surface area contributed by atoms with Gasteiger partial charge in [-0.3, -0.25) is 4.90 Å². The van der Waals surface area contributed by atoms with Gasteiger partial charge in [0.2, 0.25) is 0 Å². The fraction of sp³-hybridized carbons (Fsp3) is 0.438. The number of anilines is 1. The van der Waals surface area contributed by atoms with Crippen LogP contribution in [-0.2, 0) is 4.74 Å². The number of nitrogens with two attached hydrogens (primary N) is 1. The number of hydrogen-bond donors (Lipinski definition) is 1. The Morgan fingerprint density at radius 2 is 2.18 bits per heavy atom. The molecule has 0 bridgehead atoms. The Bertz CT molecular complexity index is 624. The minimum Gasteiger partial charge on any atom is -0.490 e. The van der Waals surface area contributed by atoms with E-state index >= 15 is 0 Å². The van der Waals surface area contributed by atoms with Crippen molar-refractivity contribution in [1.82, 2.24) is 9.88 Å². The number of aromatic nitrogens is 1. The number of nitrogens with zero attached hydrogens (tertiary/aromatic N) is 2. The fourth-order valence-electron chi connectivity index (χ4n) is 2.41. The van der Waals surface area contributed by atoms with Gasteiger partial charge < -0.3 is 15.2 Å². The van der Waals surface area contributed by atoms with Gasteiger partial charge in [0, 0.05) is 36.3 Å². The lowest BCUT2D eigenvalue weighted by Crippen LogP contribution is -2.38. The van der Waals surface area contributed by atoms with Crippen LogP contribution in [0.15, 0.2) is 23.6 Å². The summed E-state index contributed by atoms with van der Waals surface area (Å²) in [5.74, 6) is 0.741. The molecule has 0 saturated carbocycles. The Morgan fingerprint density at radius 1 is 1.36 bits per heavy atom. The molecule has 0 spiro atoms. The van der Waals surface area contributed by atoms with Gasteiger partial charge in [-0.05, 0) is 25.1 Å². The van der Waals surface area contributed by atoms with Crippen molar-refractivity contribution in [3.05, 3.63) is 29.3 Å². The third kappa shape index (κ3) is 3.76. The van der Waals surface area contributed by atoms with Crippen LogP contribution in [-0.4, -0.2) is 49.3 Å². The van der Waals surface area contributed by atoms with Gasteiger partial charge in [0.1, 0.15) is 17.4 Å². The third-order valence-electron chi connectivity index (χ3n) is 3.64. The first-order valence-corrected chi connectivity index (χ1v) is 8.35. The number of hydrogen-bond acceptors (Lipinski definition) is 6. The smallest absolute Gasteiger partial charge is 0.142 e. The van der Waals surface area contributed by atoms with Gasteiger partial charge in [0.25, 0.3) is 0 Å². The number of thiazole rings is 1. The molecule has 0 radical (unpaired) electrons. The van der Waals surface area contributed by atoms with Crippen molar-refractivity contribution in [2.75, 3.05) is 45.2 Å². The normalized spacial score (nSPS) is 15.9. The van der Waals surface area contributed by atoms with Crippen LogP contribution >= 0.6 is 11.3 Å². The fourth-order valence-corrected chi connectivity index (χ4v) is 3.20. The third-order valence-corrected chi connectivity index (χ3v) is 4.65. The van der Waals surface area contributed by atoms with E-state index in [-0.39, 0.29) is 0 Å². The van der Waals surface area contributed by atoms with Gasteiger partial charge in [-0.1, -0.05) is 0 Å². The Morgan fingerprint density at radius 3 is 2.86 bits per heavy atom. The molecule has 118 valence electrons. The number of benzene rings is 1. The Hall–Kier alpha value is -1.63. The van der Waals surface area contributed by atoms with Gasteiger partial charge in [-0.15, -0.1) is 11.3 Å². The molecule has 1 aliphatic heterocycles. The zero-order valence-corrected chi connectivity index (χ0v) is 13.6. The lowest BCUT2D eigenvalue weighted by Gasteiger charge is -2.26. The summed E-state index contributed by atoms with van der Waals surface area (Å²) in [7, 11) is 0. The van der Waals surface area contributed by atoms with E-state index in [1.807, 2.05) is 30.5 Å². The number of aryl methyl sites for hydroxylation is 1. The largest absolute Gasteiger partial charge is 0.490 e. The summed E-state index contributed by atoms with van der Waals surface area (Å²) in [6.45, 7) is 7.10. The predicted octanol–water partition coefficient (Wildman–Crippen LogP) is 2.41. The molecule has 0 amide bonds. The van der Waals surface area contributed by atoms with Gasteiger partial charge in [-0.2, -0.15) is 0 Å². The summed E-state index contributed by atoms with van der Waals surface area (Å²) in [5.41, 5.74) is 8.83. The average Bonchev–Trinajstić information content (AvgIpc) is 2.96. The van der Waals surface area contributed by atoms with Crippen molar-refractivity contribution < 1.29 is 9.47 Å². The summed E-state index contributed by atoms with van der Waals surface area (Å²) < 4.78 is 11.1. The molecule has 0 unspecified atom stereocenters. The van der Waals surface area contributed by atoms with Gasteiger partial charge >= 0.3 is 0 Å². The molecular formula is C16H21N3O2S. The molecule has 5 nitrogen and oxygen atoms in total. The topological polar surface area (TPSA) is 60.6 Å². The highest BCUT2D eigenvalue weighted by atomic mass is 32.1. The summed E-state index contributed by atoms with van der Waals surface area (Å²) in [6.07, 6.45) is 0. The average molecular weight is 319 g/mol. The predicted molar refractivity (Wildman–Crippen MR) is 89.5 cm³/mol. The van der Waals surface area contributed by atoms with Gasteiger partial charge in [0.05, 0.1) is 18.9 Å². The summed E-state index contributed by atoms with van der Waals surface area (Å²) >= 11 is 1.63. The molecule has 6 heteroatoms. The number of morpholine rings is 1. The Kier molecular flexibility index (Phi) is 4.92. The van der Waals surface area contributed by atoms with Crippen LogP contribution in [0, 0.1) is 6.92 Å². The molecule has 1 aromatic carbocycles. The number of nitrogen functional groups attached to an aromatic ring is 1. The lowest BCUT2D eigenvalue weighted by atomic mass is 10.2. The van der Waals surface area contributed by atoms with Crippen LogP contribution in [0.2, 0.25) is 0 Å². The molecule has 0 atom stereocenters. The van der Waals surface area contributed by atoms with E-state index in [1.165, 1.54) is 0 Å². The quantitative estimate of drug-likeness (QED) is 0.858. The first-order chi connectivity index (χ1) is 10.7. The number of rotatable bonds is 5. The van der Waals surface area contributed by atoms with E-state index in [9.17, 15) is 0 Å². The maximum Gasteiger partial charge on any atom is 0.142 e. The molecule has 1 aromatic heterocycles. The molecule has 3 rings (SSSR count). The maximum absolute atomic E-state index is 6.10. The SMILES string of the molecule is Cc1csc(-c2ccc(OCCN3CCOCC3)c(N)c2)n1. The lowest BCUT2D eigenvalue weighted by molar-refractivity contribution is 0.0323. The van der Waals surface area contributed by atoms with E-state index in [0.29, 0.717) is 12.3 Å². The van der Waals surface area contributed by atoms with Crippen LogP contribution in [0.3, 0.4) is 0 Å². The second-order valence-corrected chi connectivity index (χ2v) is 6.21. The van der Waals surface area contributed by atoms with Crippen LogP contribution < -0.4 is 10.5 Å². The van der Waals surface area contributed by atoms with E-state index in [0.717, 1.165) is 54.9 Å². The monoisotopic (exact) mass is 319 g/mol. The van der Waals surface area contributed by atoms with Gasteiger partial charge in [-0.25, -0.2) is 4.98 Å². The van der Waals surface area contributed by atoms with Crippen molar-refractivity contribution >= 4 is 17.0 Å². The van der Waals surface area contributed by atoms with E-state index in [1.54, 1.807) is 11.3 Å².